The van der Waals surface area contributed by atoms with Crippen molar-refractivity contribution in [1.82, 2.24) is 5.32 Å². The Kier molecular flexibility index (Phi) is 8.65. The van der Waals surface area contributed by atoms with Crippen LogP contribution >= 0.6 is 0 Å². The maximum absolute atomic E-state index is 14.2. The number of carbonyl (C=O) groups excluding carboxylic acids is 3. The zero-order valence-electron chi connectivity index (χ0n) is 25.8. The summed E-state index contributed by atoms with van der Waals surface area (Å²) < 4.78 is 41.8. The highest BCUT2D eigenvalue weighted by molar-refractivity contribution is 6.31. The molecule has 3 aliphatic rings. The van der Waals surface area contributed by atoms with E-state index in [-0.39, 0.29) is 76.4 Å². The molecule has 0 amide bonds. The van der Waals surface area contributed by atoms with Gasteiger partial charge in [-0.2, -0.15) is 0 Å². The third kappa shape index (κ3) is 4.83. The van der Waals surface area contributed by atoms with E-state index in [0.29, 0.717) is 17.5 Å². The second kappa shape index (κ2) is 12.0. The van der Waals surface area contributed by atoms with Crippen molar-refractivity contribution in [2.75, 3.05) is 42.6 Å². The van der Waals surface area contributed by atoms with Gasteiger partial charge in [0.2, 0.25) is 5.78 Å². The fourth-order valence-electron chi connectivity index (χ4n) is 6.94. The van der Waals surface area contributed by atoms with Crippen LogP contribution < -0.4 is 19.5 Å². The number of ether oxygens (including phenoxy) is 7. The highest BCUT2D eigenvalue weighted by Crippen LogP contribution is 2.53. The number of benzene rings is 2. The van der Waals surface area contributed by atoms with E-state index in [1.54, 1.807) is 25.3 Å². The lowest BCUT2D eigenvalue weighted by molar-refractivity contribution is -0.253. The van der Waals surface area contributed by atoms with Gasteiger partial charge in [-0.1, -0.05) is 12.1 Å². The normalized spacial score (nSPS) is 28.0. The second-order valence-corrected chi connectivity index (χ2v) is 11.1. The zero-order valence-corrected chi connectivity index (χ0v) is 25.8. The minimum Gasteiger partial charge on any atom is -0.496 e. The van der Waals surface area contributed by atoms with Crippen LogP contribution in [0.2, 0.25) is 0 Å². The minimum atomic E-state index is -1.29. The molecular weight excluding hydrogens is 558 g/mol. The molecule has 2 aliphatic carbocycles. The molecule has 0 aromatic heterocycles. The first-order valence-corrected chi connectivity index (χ1v) is 14.2. The first-order chi connectivity index (χ1) is 20.6. The summed E-state index contributed by atoms with van der Waals surface area (Å²) in [5.74, 6) is -0.423. The number of nitrogens with one attached hydrogen (secondary N) is 1. The molecule has 0 spiro atoms. The smallest absolute Gasteiger partial charge is 0.202 e. The Balaban J connectivity index is 1.73. The van der Waals surface area contributed by atoms with Gasteiger partial charge >= 0.3 is 0 Å². The largest absolute Gasteiger partial charge is 0.496 e. The third-order valence-corrected chi connectivity index (χ3v) is 9.09. The summed E-state index contributed by atoms with van der Waals surface area (Å²) in [6.07, 6.45) is -1.35. The summed E-state index contributed by atoms with van der Waals surface area (Å²) in [4.78, 5) is 41.5. The molecular formula is C32H39NO10. The molecule has 11 nitrogen and oxygen atoms in total. The molecule has 0 radical (unpaired) electrons. The highest BCUT2D eigenvalue weighted by atomic mass is 16.7. The van der Waals surface area contributed by atoms with E-state index >= 15 is 0 Å². The van der Waals surface area contributed by atoms with Gasteiger partial charge in [0.1, 0.15) is 22.8 Å². The van der Waals surface area contributed by atoms with Crippen LogP contribution in [0.4, 0.5) is 0 Å². The number of ketones is 3. The average molecular weight is 598 g/mol. The summed E-state index contributed by atoms with van der Waals surface area (Å²) in [7, 11) is 9.28. The number of likely N-dealkylation sites (N-methyl/N-ethyl adjacent to an activating group) is 1. The molecule has 1 heterocycles. The number of hydrogen-bond acceptors (Lipinski definition) is 11. The topological polar surface area (TPSA) is 128 Å². The predicted octanol–water partition coefficient (Wildman–Crippen LogP) is 3.20. The van der Waals surface area contributed by atoms with Gasteiger partial charge < -0.3 is 38.5 Å². The van der Waals surface area contributed by atoms with Gasteiger partial charge in [0.25, 0.3) is 0 Å². The molecule has 2 aromatic rings. The summed E-state index contributed by atoms with van der Waals surface area (Å²) >= 11 is 0. The number of rotatable bonds is 9. The predicted molar refractivity (Wildman–Crippen MR) is 155 cm³/mol. The maximum atomic E-state index is 14.2. The molecule has 0 saturated carbocycles. The highest BCUT2D eigenvalue weighted by Gasteiger charge is 2.51. The van der Waals surface area contributed by atoms with Crippen LogP contribution in [0.25, 0.3) is 0 Å². The summed E-state index contributed by atoms with van der Waals surface area (Å²) in [5.41, 5.74) is 0.204. The van der Waals surface area contributed by atoms with E-state index in [4.69, 9.17) is 33.2 Å². The Bertz CT molecular complexity index is 1450. The van der Waals surface area contributed by atoms with Crippen molar-refractivity contribution in [1.29, 1.82) is 0 Å². The SMILES string of the molecule is CN[C@@H]1C[C@@H](O[C@@H]2C[C@@](OC)(C(C)=O)Cc3c(OC)c4c(c(OC)c32)C(=O)c2c(OC)cccc2C4=O)O[C@H](C)[C@@H]1OC. The molecule has 1 N–H and O–H groups in total. The van der Waals surface area contributed by atoms with E-state index in [9.17, 15) is 14.4 Å². The first kappa shape index (κ1) is 31.1. The van der Waals surface area contributed by atoms with Crippen LogP contribution in [0, 0.1) is 0 Å². The molecule has 0 unspecified atom stereocenters. The lowest BCUT2D eigenvalue weighted by atomic mass is 9.71. The van der Waals surface area contributed by atoms with Crippen molar-refractivity contribution in [3.8, 4) is 17.2 Å². The van der Waals surface area contributed by atoms with E-state index < -0.39 is 29.6 Å². The fourth-order valence-corrected chi connectivity index (χ4v) is 6.94. The quantitative estimate of drug-likeness (QED) is 0.391. The molecule has 11 heteroatoms. The number of Topliss-reactive ketones (excluding diaryl/α,β-unsaturated/α-hetero) is 1. The molecule has 43 heavy (non-hydrogen) atoms. The maximum Gasteiger partial charge on any atom is 0.202 e. The van der Waals surface area contributed by atoms with Gasteiger partial charge in [0.15, 0.2) is 17.9 Å². The molecule has 1 saturated heterocycles. The van der Waals surface area contributed by atoms with Gasteiger partial charge in [-0.15, -0.1) is 0 Å². The second-order valence-electron chi connectivity index (χ2n) is 11.1. The Labute approximate surface area is 251 Å². The fraction of sp³-hybridized carbons (Fsp3) is 0.531. The van der Waals surface area contributed by atoms with Crippen molar-refractivity contribution >= 4 is 17.3 Å². The van der Waals surface area contributed by atoms with E-state index in [1.165, 1.54) is 35.4 Å². The monoisotopic (exact) mass is 597 g/mol. The van der Waals surface area contributed by atoms with Crippen LogP contribution in [0.1, 0.15) is 75.8 Å². The average Bonchev–Trinajstić information content (AvgIpc) is 3.01. The van der Waals surface area contributed by atoms with Gasteiger partial charge in [0.05, 0.1) is 56.3 Å². The van der Waals surface area contributed by atoms with E-state index in [2.05, 4.69) is 5.32 Å². The van der Waals surface area contributed by atoms with E-state index in [0.717, 1.165) is 0 Å². The van der Waals surface area contributed by atoms with Crippen molar-refractivity contribution in [3.05, 3.63) is 51.6 Å². The summed E-state index contributed by atoms with van der Waals surface area (Å²) in [5, 5.41) is 3.28. The Hall–Kier alpha value is -3.35. The van der Waals surface area contributed by atoms with Crippen LogP contribution in [0.5, 0.6) is 17.2 Å². The first-order valence-electron chi connectivity index (χ1n) is 14.2. The lowest BCUT2D eigenvalue weighted by Gasteiger charge is -2.44. The van der Waals surface area contributed by atoms with Crippen LogP contribution in [-0.2, 0) is 30.2 Å². The van der Waals surface area contributed by atoms with Gasteiger partial charge in [0, 0.05) is 56.2 Å². The van der Waals surface area contributed by atoms with Crippen LogP contribution in [0.15, 0.2) is 18.2 Å². The summed E-state index contributed by atoms with van der Waals surface area (Å²) in [6, 6.07) is 4.81. The van der Waals surface area contributed by atoms with Gasteiger partial charge in [-0.25, -0.2) is 0 Å². The number of hydrogen-bond donors (Lipinski definition) is 1. The molecule has 1 aliphatic heterocycles. The number of fused-ring (bicyclic) bond motifs is 3. The Morgan fingerprint density at radius 2 is 1.67 bits per heavy atom. The van der Waals surface area contributed by atoms with Gasteiger partial charge in [-0.05, 0) is 27.0 Å². The number of carbonyl (C=O) groups is 3. The van der Waals surface area contributed by atoms with Crippen molar-refractivity contribution < 1.29 is 47.5 Å². The minimum absolute atomic E-state index is 0.0620. The van der Waals surface area contributed by atoms with Crippen molar-refractivity contribution in [2.45, 2.75) is 69.4 Å². The molecule has 232 valence electrons. The Morgan fingerprint density at radius 1 is 0.977 bits per heavy atom. The van der Waals surface area contributed by atoms with Crippen molar-refractivity contribution in [3.63, 3.8) is 0 Å². The summed E-state index contributed by atoms with van der Waals surface area (Å²) in [6.45, 7) is 3.37. The molecule has 1 fully saturated rings. The lowest BCUT2D eigenvalue weighted by Crippen LogP contribution is -2.54. The van der Waals surface area contributed by atoms with E-state index in [1.807, 2.05) is 14.0 Å². The van der Waals surface area contributed by atoms with Crippen LogP contribution in [0.3, 0.4) is 0 Å². The van der Waals surface area contributed by atoms with Crippen molar-refractivity contribution in [2.24, 2.45) is 0 Å². The zero-order chi connectivity index (χ0) is 31.2. The standard InChI is InChI=1S/C32H39NO10/c1-15-29(38-5)19(33-3)12-22(42-15)43-21-14-32(41-8,16(2)34)13-18-24(21)31(40-7)26-25(30(18)39-6)27(35)17-10-9-11-20(37-4)23(17)28(26)36/h9-11,15,19,21-22,29,33H,12-14H2,1-8H3/t15-,19-,21-,22-,29+,32-/m1/s1. The third-order valence-electron chi connectivity index (χ3n) is 9.09. The van der Waals surface area contributed by atoms with Gasteiger partial charge in [-0.3, -0.25) is 14.4 Å². The molecule has 5 rings (SSSR count). The number of methoxy groups -OCH3 is 5. The molecule has 0 bridgehead atoms. The Morgan fingerprint density at radius 3 is 2.26 bits per heavy atom. The molecule has 2 aromatic carbocycles. The van der Waals surface area contributed by atoms with Crippen LogP contribution in [-0.4, -0.2) is 90.1 Å². The molecule has 6 atom stereocenters.